The summed E-state index contributed by atoms with van der Waals surface area (Å²) in [5.74, 6) is -1.37. The first kappa shape index (κ1) is 27.1. The number of nitrogens with one attached hydrogen (secondary N) is 1. The lowest BCUT2D eigenvalue weighted by atomic mass is 9.74. The third-order valence-electron chi connectivity index (χ3n) is 7.89. The Morgan fingerprint density at radius 2 is 1.90 bits per heavy atom. The molecule has 0 radical (unpaired) electrons. The van der Waals surface area contributed by atoms with Crippen molar-refractivity contribution in [1.29, 1.82) is 0 Å². The van der Waals surface area contributed by atoms with Crippen LogP contribution in [0, 0.1) is 10.1 Å². The number of non-ortho nitro benzene ring substituents is 1. The van der Waals surface area contributed by atoms with E-state index >= 15 is 0 Å². The maximum Gasteiger partial charge on any atom is 0.336 e. The molecular weight excluding hydrogens is 512 g/mol. The predicted octanol–water partition coefficient (Wildman–Crippen LogP) is 6.23. The molecule has 206 valence electrons. The van der Waals surface area contributed by atoms with Gasteiger partial charge in [0.25, 0.3) is 5.69 Å². The second kappa shape index (κ2) is 10.6. The molecule has 0 saturated carbocycles. The van der Waals surface area contributed by atoms with Gasteiger partial charge in [-0.2, -0.15) is 0 Å². The molecule has 3 aromatic rings. The first-order valence-corrected chi connectivity index (χ1v) is 13.3. The van der Waals surface area contributed by atoms with Crippen LogP contribution in [0.2, 0.25) is 0 Å². The number of carbonyl (C=O) groups excluding carboxylic acids is 3. The Morgan fingerprint density at radius 1 is 1.18 bits per heavy atom. The van der Waals surface area contributed by atoms with Gasteiger partial charge in [-0.25, -0.2) is 4.79 Å². The van der Waals surface area contributed by atoms with Crippen molar-refractivity contribution in [3.8, 4) is 0 Å². The van der Waals surface area contributed by atoms with E-state index in [-0.39, 0.29) is 28.7 Å². The number of nitro groups is 1. The van der Waals surface area contributed by atoms with Crippen LogP contribution >= 0.6 is 0 Å². The molecule has 1 N–H and O–H groups in total. The number of allylic oxidation sites excluding steroid dienone is 3. The highest BCUT2D eigenvalue weighted by atomic mass is 16.6. The first-order valence-electron chi connectivity index (χ1n) is 13.3. The van der Waals surface area contributed by atoms with Gasteiger partial charge in [0, 0.05) is 52.4 Å². The number of methoxy groups -OCH3 is 1. The van der Waals surface area contributed by atoms with Gasteiger partial charge >= 0.3 is 5.97 Å². The third-order valence-corrected chi connectivity index (χ3v) is 7.89. The van der Waals surface area contributed by atoms with Crippen molar-refractivity contribution in [3.63, 3.8) is 0 Å². The summed E-state index contributed by atoms with van der Waals surface area (Å²) >= 11 is 0. The van der Waals surface area contributed by atoms with E-state index in [9.17, 15) is 24.5 Å². The minimum absolute atomic E-state index is 0.000860. The molecule has 0 spiro atoms. The van der Waals surface area contributed by atoms with Crippen LogP contribution in [0.4, 0.5) is 5.69 Å². The molecule has 1 aliphatic carbocycles. The van der Waals surface area contributed by atoms with Crippen molar-refractivity contribution < 1.29 is 28.5 Å². The number of esters is 1. The van der Waals surface area contributed by atoms with Crippen molar-refractivity contribution in [3.05, 3.63) is 97.6 Å². The maximum atomic E-state index is 13.3. The molecule has 2 atom stereocenters. The standard InChI is InChI=1S/C31H30N2O7/c1-5-16(2)22-14-19(27-26(31(36)39-4)17(3)32-23-7-6-8-24(34)28(23)27)13-20-15-25(40-30(20)22)29(35)18-9-11-21(12-10-18)33(37)38/h9-16,27,32H,5-8H2,1-4H3. The molecule has 0 saturated heterocycles. The summed E-state index contributed by atoms with van der Waals surface area (Å²) in [6, 6.07) is 10.9. The van der Waals surface area contributed by atoms with Crippen LogP contribution in [0.25, 0.3) is 11.0 Å². The number of ketones is 2. The van der Waals surface area contributed by atoms with Crippen LogP contribution < -0.4 is 5.32 Å². The van der Waals surface area contributed by atoms with Crippen LogP contribution in [0.5, 0.6) is 0 Å². The topological polar surface area (TPSA) is 129 Å². The minimum atomic E-state index is -0.618. The molecule has 2 unspecified atom stereocenters. The number of fused-ring (bicyclic) bond motifs is 1. The molecule has 9 nitrogen and oxygen atoms in total. The molecule has 0 fully saturated rings. The van der Waals surface area contributed by atoms with E-state index < -0.39 is 22.6 Å². The largest absolute Gasteiger partial charge is 0.466 e. The number of ether oxygens (including phenoxy) is 1. The van der Waals surface area contributed by atoms with Crippen LogP contribution in [-0.4, -0.2) is 29.6 Å². The molecule has 2 aliphatic rings. The van der Waals surface area contributed by atoms with Gasteiger partial charge < -0.3 is 14.5 Å². The fraction of sp³-hybridized carbons (Fsp3) is 0.323. The smallest absolute Gasteiger partial charge is 0.336 e. The lowest BCUT2D eigenvalue weighted by Gasteiger charge is -2.34. The third kappa shape index (κ3) is 4.61. The molecule has 40 heavy (non-hydrogen) atoms. The Kier molecular flexibility index (Phi) is 7.14. The highest BCUT2D eigenvalue weighted by molar-refractivity contribution is 6.09. The molecule has 1 aliphatic heterocycles. The minimum Gasteiger partial charge on any atom is -0.466 e. The van der Waals surface area contributed by atoms with Crippen molar-refractivity contribution in [2.45, 2.75) is 58.3 Å². The lowest BCUT2D eigenvalue weighted by molar-refractivity contribution is -0.384. The van der Waals surface area contributed by atoms with Gasteiger partial charge in [0.05, 0.1) is 17.6 Å². The summed E-state index contributed by atoms with van der Waals surface area (Å²) < 4.78 is 11.3. The summed E-state index contributed by atoms with van der Waals surface area (Å²) in [6.45, 7) is 5.92. The number of carbonyl (C=O) groups is 3. The number of nitro benzene ring substituents is 1. The van der Waals surface area contributed by atoms with Gasteiger partial charge in [-0.1, -0.05) is 19.9 Å². The number of hydrogen-bond acceptors (Lipinski definition) is 8. The molecule has 2 heterocycles. The van der Waals surface area contributed by atoms with Gasteiger partial charge in [-0.15, -0.1) is 0 Å². The maximum absolute atomic E-state index is 13.3. The second-order valence-corrected chi connectivity index (χ2v) is 10.3. The molecule has 1 aromatic heterocycles. The zero-order valence-electron chi connectivity index (χ0n) is 22.8. The van der Waals surface area contributed by atoms with Crippen molar-refractivity contribution >= 4 is 34.2 Å². The summed E-state index contributed by atoms with van der Waals surface area (Å²) in [5.41, 5.74) is 4.78. The Labute approximate surface area is 231 Å². The highest BCUT2D eigenvalue weighted by Gasteiger charge is 2.39. The number of Topliss-reactive ketones (excluding diaryl/α,β-unsaturated/α-hetero) is 1. The molecule has 9 heteroatoms. The van der Waals surface area contributed by atoms with Gasteiger partial charge in [0.1, 0.15) is 5.58 Å². The number of furan rings is 1. The van der Waals surface area contributed by atoms with E-state index in [1.165, 1.54) is 31.4 Å². The number of hydrogen-bond donors (Lipinski definition) is 1. The number of dihydropyridines is 1. The summed E-state index contributed by atoms with van der Waals surface area (Å²) in [7, 11) is 1.33. The number of benzene rings is 2. The zero-order valence-corrected chi connectivity index (χ0v) is 22.8. The average Bonchev–Trinajstić information content (AvgIpc) is 3.39. The lowest BCUT2D eigenvalue weighted by Crippen LogP contribution is -2.34. The van der Waals surface area contributed by atoms with E-state index in [0.717, 1.165) is 29.7 Å². The van der Waals surface area contributed by atoms with E-state index in [1.807, 2.05) is 19.1 Å². The quantitative estimate of drug-likeness (QED) is 0.161. The van der Waals surface area contributed by atoms with Crippen LogP contribution in [0.15, 0.2) is 69.4 Å². The second-order valence-electron chi connectivity index (χ2n) is 10.3. The number of nitrogens with zero attached hydrogens (tertiary/aromatic N) is 1. The van der Waals surface area contributed by atoms with E-state index in [1.54, 1.807) is 6.07 Å². The number of rotatable bonds is 7. The molecule has 5 rings (SSSR count). The fourth-order valence-corrected chi connectivity index (χ4v) is 5.64. The Hall–Kier alpha value is -4.53. The van der Waals surface area contributed by atoms with Crippen LogP contribution in [0.1, 0.15) is 85.5 Å². The normalized spacial score (nSPS) is 17.9. The summed E-state index contributed by atoms with van der Waals surface area (Å²) in [4.78, 5) is 50.1. The first-order chi connectivity index (χ1) is 19.1. The molecule has 0 amide bonds. The Morgan fingerprint density at radius 3 is 2.55 bits per heavy atom. The van der Waals surface area contributed by atoms with E-state index in [2.05, 4.69) is 19.2 Å². The van der Waals surface area contributed by atoms with Crippen LogP contribution in [0.3, 0.4) is 0 Å². The Bertz CT molecular complexity index is 1630. The van der Waals surface area contributed by atoms with Gasteiger partial charge in [-0.3, -0.25) is 19.7 Å². The van der Waals surface area contributed by atoms with Crippen LogP contribution in [-0.2, 0) is 14.3 Å². The summed E-state index contributed by atoms with van der Waals surface area (Å²) in [5, 5.41) is 15.0. The van der Waals surface area contributed by atoms with Gasteiger partial charge in [0.2, 0.25) is 5.78 Å². The summed E-state index contributed by atoms with van der Waals surface area (Å²) in [6.07, 6.45) is 2.65. The average molecular weight is 543 g/mol. The van der Waals surface area contributed by atoms with Gasteiger partial charge in [-0.05, 0) is 67.5 Å². The molecule has 0 bridgehead atoms. The van der Waals surface area contributed by atoms with Crippen molar-refractivity contribution in [2.75, 3.05) is 7.11 Å². The highest BCUT2D eigenvalue weighted by Crippen LogP contribution is 2.45. The van der Waals surface area contributed by atoms with E-state index in [0.29, 0.717) is 40.7 Å². The monoisotopic (exact) mass is 542 g/mol. The fourth-order valence-electron chi connectivity index (χ4n) is 5.64. The Balaban J connectivity index is 1.68. The zero-order chi connectivity index (χ0) is 28.7. The molecular formula is C31H30N2O7. The van der Waals surface area contributed by atoms with Crippen molar-refractivity contribution in [1.82, 2.24) is 5.32 Å². The van der Waals surface area contributed by atoms with Gasteiger partial charge in [0.15, 0.2) is 11.5 Å². The van der Waals surface area contributed by atoms with E-state index in [4.69, 9.17) is 9.15 Å². The predicted molar refractivity (Wildman–Crippen MR) is 148 cm³/mol. The molecule has 2 aromatic carbocycles. The van der Waals surface area contributed by atoms with Crippen molar-refractivity contribution in [2.24, 2.45) is 0 Å². The SMILES string of the molecule is CCC(C)c1cc(C2C(C(=O)OC)=C(C)NC3=C2C(=O)CCC3)cc2cc(C(=O)c3ccc([N+](=O)[O-])cc3)oc12.